The van der Waals surface area contributed by atoms with E-state index in [1.165, 1.54) is 0 Å². The normalized spacial score (nSPS) is 10.9. The highest BCUT2D eigenvalue weighted by Crippen LogP contribution is 2.32. The number of carbonyl (C=O) groups excluding carboxylic acids is 1. The Morgan fingerprint density at radius 1 is 1.33 bits per heavy atom. The summed E-state index contributed by atoms with van der Waals surface area (Å²) in [6.07, 6.45) is 0.880. The van der Waals surface area contributed by atoms with Crippen LogP contribution in [-0.4, -0.2) is 10.9 Å². The summed E-state index contributed by atoms with van der Waals surface area (Å²) in [5.41, 5.74) is 3.83. The Morgan fingerprint density at radius 3 is 2.53 bits per heavy atom. The molecule has 3 heteroatoms. The highest BCUT2D eigenvalue weighted by atomic mass is 35.5. The van der Waals surface area contributed by atoms with Gasteiger partial charge in [-0.05, 0) is 31.0 Å². The maximum atomic E-state index is 11.0. The van der Waals surface area contributed by atoms with Crippen molar-refractivity contribution in [2.75, 3.05) is 0 Å². The van der Waals surface area contributed by atoms with Crippen LogP contribution in [0.2, 0.25) is 5.02 Å². The summed E-state index contributed by atoms with van der Waals surface area (Å²) in [6.45, 7) is 3.95. The largest absolute Gasteiger partial charge is 0.341 e. The zero-order valence-corrected chi connectivity index (χ0v) is 9.72. The highest BCUT2D eigenvalue weighted by Gasteiger charge is 2.14. The third-order valence-corrected chi connectivity index (χ3v) is 3.21. The number of hydrogen-bond acceptors (Lipinski definition) is 1. The monoisotopic (exact) mass is 221 g/mol. The zero-order valence-electron chi connectivity index (χ0n) is 8.97. The number of nitrogens with zero attached hydrogens (tertiary/aromatic N) is 1. The van der Waals surface area contributed by atoms with E-state index in [9.17, 15) is 4.79 Å². The molecule has 0 saturated carbocycles. The van der Waals surface area contributed by atoms with Gasteiger partial charge in [-0.25, -0.2) is 0 Å². The first-order valence-corrected chi connectivity index (χ1v) is 5.15. The summed E-state index contributed by atoms with van der Waals surface area (Å²) in [5, 5.41) is 1.69. The number of halogens is 1. The van der Waals surface area contributed by atoms with E-state index >= 15 is 0 Å². The van der Waals surface area contributed by atoms with Gasteiger partial charge in [-0.15, -0.1) is 0 Å². The molecule has 0 aliphatic carbocycles. The first-order chi connectivity index (χ1) is 7.07. The predicted octanol–water partition coefficient (Wildman–Crippen LogP) is 3.26. The lowest BCUT2D eigenvalue weighted by Gasteiger charge is -2.02. The lowest BCUT2D eigenvalue weighted by molar-refractivity contribution is 0.111. The molecular formula is C12H12ClNO. The first kappa shape index (κ1) is 10.2. The lowest BCUT2D eigenvalue weighted by atomic mass is 10.1. The van der Waals surface area contributed by atoms with Crippen molar-refractivity contribution in [1.29, 1.82) is 0 Å². The van der Waals surface area contributed by atoms with Gasteiger partial charge in [-0.1, -0.05) is 17.7 Å². The molecule has 1 heterocycles. The molecule has 1 aromatic heterocycles. The van der Waals surface area contributed by atoms with Crippen LogP contribution in [0.15, 0.2) is 12.1 Å². The van der Waals surface area contributed by atoms with E-state index in [1.54, 1.807) is 0 Å². The number of fused-ring (bicyclic) bond motifs is 1. The average Bonchev–Trinajstić information content (AvgIpc) is 2.46. The summed E-state index contributed by atoms with van der Waals surface area (Å²) in [4.78, 5) is 11.0. The summed E-state index contributed by atoms with van der Waals surface area (Å²) in [6, 6.07) is 3.85. The molecule has 2 nitrogen and oxygen atoms in total. The minimum atomic E-state index is 0.696. The van der Waals surface area contributed by atoms with Crippen molar-refractivity contribution in [3.05, 3.63) is 34.0 Å². The molecule has 0 spiro atoms. The van der Waals surface area contributed by atoms with Gasteiger partial charge in [0, 0.05) is 12.4 Å². The van der Waals surface area contributed by atoms with E-state index < -0.39 is 0 Å². The fourth-order valence-electron chi connectivity index (χ4n) is 2.13. The molecule has 1 aromatic carbocycles. The van der Waals surface area contributed by atoms with E-state index in [0.29, 0.717) is 10.7 Å². The van der Waals surface area contributed by atoms with Gasteiger partial charge in [-0.2, -0.15) is 0 Å². The number of benzene rings is 1. The van der Waals surface area contributed by atoms with Crippen molar-refractivity contribution in [1.82, 2.24) is 4.57 Å². The van der Waals surface area contributed by atoms with Crippen LogP contribution in [0, 0.1) is 13.8 Å². The molecule has 0 bridgehead atoms. The number of carbonyl (C=O) groups is 1. The van der Waals surface area contributed by atoms with Crippen molar-refractivity contribution >= 4 is 28.8 Å². The van der Waals surface area contributed by atoms with Gasteiger partial charge < -0.3 is 4.57 Å². The summed E-state index contributed by atoms with van der Waals surface area (Å²) >= 11 is 6.15. The molecule has 0 saturated heterocycles. The number of aryl methyl sites for hydroxylation is 3. The third-order valence-electron chi connectivity index (χ3n) is 2.90. The average molecular weight is 222 g/mol. The summed E-state index contributed by atoms with van der Waals surface area (Å²) < 4.78 is 1.90. The zero-order chi connectivity index (χ0) is 11.2. The molecule has 0 aliphatic heterocycles. The van der Waals surface area contributed by atoms with Crippen LogP contribution in [0.25, 0.3) is 10.9 Å². The molecule has 2 rings (SSSR count). The van der Waals surface area contributed by atoms with Crippen LogP contribution >= 0.6 is 11.6 Å². The summed E-state index contributed by atoms with van der Waals surface area (Å²) in [7, 11) is 1.89. The lowest BCUT2D eigenvalue weighted by Crippen LogP contribution is -1.95. The van der Waals surface area contributed by atoms with Gasteiger partial charge in [0.15, 0.2) is 6.29 Å². The minimum absolute atomic E-state index is 0.696. The van der Waals surface area contributed by atoms with Crippen LogP contribution < -0.4 is 0 Å². The van der Waals surface area contributed by atoms with E-state index in [2.05, 4.69) is 0 Å². The molecule has 0 unspecified atom stereocenters. The summed E-state index contributed by atoms with van der Waals surface area (Å²) in [5.74, 6) is 0. The second-order valence-electron chi connectivity index (χ2n) is 3.77. The van der Waals surface area contributed by atoms with Crippen molar-refractivity contribution in [3.8, 4) is 0 Å². The van der Waals surface area contributed by atoms with Crippen LogP contribution in [0.4, 0.5) is 0 Å². The molecule has 78 valence electrons. The number of hydrogen-bond donors (Lipinski definition) is 0. The highest BCUT2D eigenvalue weighted by molar-refractivity contribution is 6.36. The molecule has 0 N–H and O–H groups in total. The van der Waals surface area contributed by atoms with Crippen LogP contribution in [0.5, 0.6) is 0 Å². The van der Waals surface area contributed by atoms with Crippen LogP contribution in [0.1, 0.15) is 21.6 Å². The second kappa shape index (κ2) is 3.38. The maximum absolute atomic E-state index is 11.0. The van der Waals surface area contributed by atoms with E-state index in [0.717, 1.165) is 28.3 Å². The van der Waals surface area contributed by atoms with Gasteiger partial charge in [0.2, 0.25) is 0 Å². The van der Waals surface area contributed by atoms with Crippen molar-refractivity contribution in [3.63, 3.8) is 0 Å². The van der Waals surface area contributed by atoms with Gasteiger partial charge in [0.05, 0.1) is 16.2 Å². The maximum Gasteiger partial charge on any atom is 0.166 e. The Balaban J connectivity index is 3.07. The van der Waals surface area contributed by atoms with Crippen LogP contribution in [0.3, 0.4) is 0 Å². The number of aldehydes is 1. The number of aromatic nitrogens is 1. The molecule has 15 heavy (non-hydrogen) atoms. The second-order valence-corrected chi connectivity index (χ2v) is 4.18. The topological polar surface area (TPSA) is 22.0 Å². The smallest absolute Gasteiger partial charge is 0.166 e. The molecule has 0 fully saturated rings. The van der Waals surface area contributed by atoms with Crippen LogP contribution in [-0.2, 0) is 7.05 Å². The molecule has 2 aromatic rings. The molecule has 0 amide bonds. The third kappa shape index (κ3) is 1.29. The fourth-order valence-corrected chi connectivity index (χ4v) is 2.42. The SMILES string of the molecule is Cc1c(C=O)n(C)c2c(C)ccc(Cl)c12. The first-order valence-electron chi connectivity index (χ1n) is 4.77. The fraction of sp³-hybridized carbons (Fsp3) is 0.250. The number of rotatable bonds is 1. The van der Waals surface area contributed by atoms with E-state index in [-0.39, 0.29) is 0 Å². The van der Waals surface area contributed by atoms with Gasteiger partial charge in [0.1, 0.15) is 0 Å². The Bertz CT molecular complexity index is 509. The molecular weight excluding hydrogens is 210 g/mol. The van der Waals surface area contributed by atoms with Crippen molar-refractivity contribution < 1.29 is 4.79 Å². The van der Waals surface area contributed by atoms with Gasteiger partial charge >= 0.3 is 0 Å². The Hall–Kier alpha value is -1.28. The van der Waals surface area contributed by atoms with E-state index in [4.69, 9.17) is 11.6 Å². The quantitative estimate of drug-likeness (QED) is 0.678. The molecule has 0 atom stereocenters. The van der Waals surface area contributed by atoms with E-state index in [1.807, 2.05) is 37.6 Å². The minimum Gasteiger partial charge on any atom is -0.341 e. The standard InChI is InChI=1S/C12H12ClNO/c1-7-4-5-9(13)11-8(2)10(6-15)14(3)12(7)11/h4-6H,1-3H3. The van der Waals surface area contributed by atoms with Crippen molar-refractivity contribution in [2.45, 2.75) is 13.8 Å². The van der Waals surface area contributed by atoms with Gasteiger partial charge in [0.25, 0.3) is 0 Å². The Morgan fingerprint density at radius 2 is 2.00 bits per heavy atom. The predicted molar refractivity (Wildman–Crippen MR) is 62.8 cm³/mol. The molecule has 0 radical (unpaired) electrons. The Kier molecular flexibility index (Phi) is 2.31. The van der Waals surface area contributed by atoms with Gasteiger partial charge in [-0.3, -0.25) is 4.79 Å². The Labute approximate surface area is 93.5 Å². The van der Waals surface area contributed by atoms with Crippen molar-refractivity contribution in [2.24, 2.45) is 7.05 Å². The molecule has 0 aliphatic rings.